The molecule has 0 saturated carbocycles. The summed E-state index contributed by atoms with van der Waals surface area (Å²) in [5, 5.41) is 16.9. The minimum absolute atomic E-state index is 0.0447. The minimum atomic E-state index is -0.760. The van der Waals surface area contributed by atoms with Gasteiger partial charge >= 0.3 is 0 Å². The molecule has 0 saturated heterocycles. The third kappa shape index (κ3) is 2.21. The first-order valence-corrected chi connectivity index (χ1v) is 3.84. The van der Waals surface area contributed by atoms with E-state index in [0.29, 0.717) is 5.56 Å². The van der Waals surface area contributed by atoms with Crippen molar-refractivity contribution in [2.75, 3.05) is 6.54 Å². The average Bonchev–Trinajstić information content (AvgIpc) is 2.41. The maximum Gasteiger partial charge on any atom is 0.0879 e. The predicted octanol–water partition coefficient (Wildman–Crippen LogP) is 1.07. The molecule has 0 aromatic carbocycles. The first-order valence-electron chi connectivity index (χ1n) is 3.84. The van der Waals surface area contributed by atoms with Gasteiger partial charge in [-0.1, -0.05) is 5.11 Å². The monoisotopic (exact) mass is 181 g/mol. The van der Waals surface area contributed by atoms with Crippen molar-refractivity contribution < 1.29 is 5.11 Å². The van der Waals surface area contributed by atoms with Crippen molar-refractivity contribution in [3.05, 3.63) is 27.9 Å². The Morgan fingerprint density at radius 3 is 3.00 bits per heavy atom. The second kappa shape index (κ2) is 3.93. The van der Waals surface area contributed by atoms with Crippen molar-refractivity contribution in [1.29, 1.82) is 0 Å². The third-order valence-corrected chi connectivity index (χ3v) is 1.73. The van der Waals surface area contributed by atoms with E-state index < -0.39 is 6.10 Å². The number of aliphatic hydroxyl groups excluding tert-OH is 1. The highest BCUT2D eigenvalue weighted by molar-refractivity contribution is 5.18. The van der Waals surface area contributed by atoms with Gasteiger partial charge in [0.1, 0.15) is 0 Å². The number of aliphatic hydroxyl groups is 1. The van der Waals surface area contributed by atoms with Crippen molar-refractivity contribution in [2.24, 2.45) is 12.2 Å². The zero-order valence-electron chi connectivity index (χ0n) is 7.55. The third-order valence-electron chi connectivity index (χ3n) is 1.73. The Bertz CT molecular complexity index is 339. The van der Waals surface area contributed by atoms with Crippen molar-refractivity contribution in [3.63, 3.8) is 0 Å². The van der Waals surface area contributed by atoms with Gasteiger partial charge in [0.2, 0.25) is 0 Å². The van der Waals surface area contributed by atoms with Gasteiger partial charge in [-0.2, -0.15) is 5.10 Å². The van der Waals surface area contributed by atoms with Crippen LogP contribution in [0.5, 0.6) is 0 Å². The second-order valence-electron chi connectivity index (χ2n) is 2.77. The summed E-state index contributed by atoms with van der Waals surface area (Å²) >= 11 is 0. The Hall–Kier alpha value is -1.52. The summed E-state index contributed by atoms with van der Waals surface area (Å²) in [4.78, 5) is 2.58. The van der Waals surface area contributed by atoms with E-state index in [2.05, 4.69) is 15.1 Å². The van der Waals surface area contributed by atoms with Gasteiger partial charge < -0.3 is 5.11 Å². The van der Waals surface area contributed by atoms with Crippen LogP contribution in [-0.2, 0) is 7.05 Å². The van der Waals surface area contributed by atoms with E-state index >= 15 is 0 Å². The average molecular weight is 181 g/mol. The molecule has 1 aromatic rings. The van der Waals surface area contributed by atoms with Crippen LogP contribution in [0.1, 0.15) is 17.4 Å². The summed E-state index contributed by atoms with van der Waals surface area (Å²) in [6, 6.07) is 0. The van der Waals surface area contributed by atoms with E-state index in [1.165, 1.54) is 0 Å². The van der Waals surface area contributed by atoms with E-state index in [9.17, 15) is 5.11 Å². The summed E-state index contributed by atoms with van der Waals surface area (Å²) in [5.41, 5.74) is 9.52. The molecule has 1 aromatic heterocycles. The molecule has 6 nitrogen and oxygen atoms in total. The molecule has 0 bridgehead atoms. The van der Waals surface area contributed by atoms with Gasteiger partial charge in [-0.3, -0.25) is 4.68 Å². The van der Waals surface area contributed by atoms with Crippen LogP contribution in [0.2, 0.25) is 0 Å². The lowest BCUT2D eigenvalue weighted by Crippen LogP contribution is -2.01. The quantitative estimate of drug-likeness (QED) is 0.429. The topological polar surface area (TPSA) is 86.8 Å². The maximum atomic E-state index is 9.53. The number of aromatic nitrogens is 2. The molecular weight excluding hydrogens is 170 g/mol. The number of azide groups is 1. The lowest BCUT2D eigenvalue weighted by Gasteiger charge is -2.03. The first-order chi connectivity index (χ1) is 6.15. The van der Waals surface area contributed by atoms with Gasteiger partial charge in [0.15, 0.2) is 0 Å². The molecule has 0 aliphatic heterocycles. The largest absolute Gasteiger partial charge is 0.388 e. The number of nitrogens with zero attached hydrogens (tertiary/aromatic N) is 5. The van der Waals surface area contributed by atoms with Crippen molar-refractivity contribution in [2.45, 2.75) is 13.0 Å². The lowest BCUT2D eigenvalue weighted by molar-refractivity contribution is 0.186. The van der Waals surface area contributed by atoms with Crippen LogP contribution in [0.3, 0.4) is 0 Å². The van der Waals surface area contributed by atoms with Crippen molar-refractivity contribution in [1.82, 2.24) is 9.78 Å². The van der Waals surface area contributed by atoms with Gasteiger partial charge in [0.05, 0.1) is 18.3 Å². The van der Waals surface area contributed by atoms with Gasteiger partial charge in [-0.05, 0) is 12.5 Å². The van der Waals surface area contributed by atoms with Crippen molar-refractivity contribution >= 4 is 0 Å². The van der Waals surface area contributed by atoms with Gasteiger partial charge in [-0.15, -0.1) is 0 Å². The predicted molar refractivity (Wildman–Crippen MR) is 46.9 cm³/mol. The molecule has 0 aliphatic rings. The molecule has 70 valence electrons. The molecule has 0 unspecified atom stereocenters. The fourth-order valence-corrected chi connectivity index (χ4v) is 1.16. The molecule has 1 heterocycles. The summed E-state index contributed by atoms with van der Waals surface area (Å²) in [5.74, 6) is 0. The molecule has 0 radical (unpaired) electrons. The molecular formula is C7H11N5O. The first kappa shape index (κ1) is 9.57. The van der Waals surface area contributed by atoms with Gasteiger partial charge in [-0.25, -0.2) is 0 Å². The summed E-state index contributed by atoms with van der Waals surface area (Å²) in [6.45, 7) is 1.84. The van der Waals surface area contributed by atoms with E-state index in [-0.39, 0.29) is 6.54 Å². The number of hydrogen-bond acceptors (Lipinski definition) is 3. The Balaban J connectivity index is 2.81. The molecule has 1 N–H and O–H groups in total. The fraction of sp³-hybridized carbons (Fsp3) is 0.571. The summed E-state index contributed by atoms with van der Waals surface area (Å²) in [7, 11) is 1.77. The Kier molecular flexibility index (Phi) is 2.89. The standard InChI is InChI=1S/C7H11N5O/c1-5-6(4-12(2)10-5)7(13)3-9-11-8/h4,7,13H,3H2,1-2H3/t7-/m1/s1. The Morgan fingerprint density at radius 2 is 2.54 bits per heavy atom. The van der Waals surface area contributed by atoms with Crippen LogP contribution in [0.4, 0.5) is 0 Å². The molecule has 1 rings (SSSR count). The van der Waals surface area contributed by atoms with E-state index in [1.54, 1.807) is 24.9 Å². The number of rotatable bonds is 3. The second-order valence-corrected chi connectivity index (χ2v) is 2.77. The highest BCUT2D eigenvalue weighted by Crippen LogP contribution is 2.15. The van der Waals surface area contributed by atoms with Crippen LogP contribution >= 0.6 is 0 Å². The van der Waals surface area contributed by atoms with Gasteiger partial charge in [0, 0.05) is 23.7 Å². The minimum Gasteiger partial charge on any atom is -0.388 e. The Morgan fingerprint density at radius 1 is 1.85 bits per heavy atom. The molecule has 0 fully saturated rings. The van der Waals surface area contributed by atoms with Crippen LogP contribution in [-0.4, -0.2) is 21.4 Å². The van der Waals surface area contributed by atoms with Crippen LogP contribution in [0.25, 0.3) is 10.4 Å². The molecule has 0 spiro atoms. The molecule has 0 aliphatic carbocycles. The highest BCUT2D eigenvalue weighted by Gasteiger charge is 2.11. The van der Waals surface area contributed by atoms with Gasteiger partial charge in [0.25, 0.3) is 0 Å². The zero-order chi connectivity index (χ0) is 9.84. The highest BCUT2D eigenvalue weighted by atomic mass is 16.3. The molecule has 6 heteroatoms. The van der Waals surface area contributed by atoms with E-state index in [1.807, 2.05) is 0 Å². The molecule has 1 atom stereocenters. The smallest absolute Gasteiger partial charge is 0.0879 e. The number of aryl methyl sites for hydroxylation is 2. The lowest BCUT2D eigenvalue weighted by atomic mass is 10.1. The van der Waals surface area contributed by atoms with Crippen LogP contribution in [0.15, 0.2) is 11.3 Å². The zero-order valence-corrected chi connectivity index (χ0v) is 7.55. The fourth-order valence-electron chi connectivity index (χ4n) is 1.16. The SMILES string of the molecule is Cc1nn(C)cc1[C@H](O)CN=[N+]=[N-]. The summed E-state index contributed by atoms with van der Waals surface area (Å²) < 4.78 is 1.62. The normalized spacial score (nSPS) is 12.2. The van der Waals surface area contributed by atoms with E-state index in [0.717, 1.165) is 5.69 Å². The Labute approximate surface area is 75.4 Å². The van der Waals surface area contributed by atoms with Crippen molar-refractivity contribution in [3.8, 4) is 0 Å². The molecule has 0 amide bonds. The summed E-state index contributed by atoms with van der Waals surface area (Å²) in [6.07, 6.45) is 0.956. The number of hydrogen-bond donors (Lipinski definition) is 1. The molecule has 13 heavy (non-hydrogen) atoms. The van der Waals surface area contributed by atoms with E-state index in [4.69, 9.17) is 5.53 Å². The van der Waals surface area contributed by atoms with Crippen LogP contribution in [0, 0.1) is 6.92 Å². The maximum absolute atomic E-state index is 9.53. The van der Waals surface area contributed by atoms with Crippen LogP contribution < -0.4 is 0 Å².